The molecule has 2 aromatic carbocycles. The Kier molecular flexibility index (Phi) is 5.31. The third-order valence-corrected chi connectivity index (χ3v) is 4.21. The Bertz CT molecular complexity index is 902. The van der Waals surface area contributed by atoms with Crippen molar-refractivity contribution >= 4 is 11.6 Å². The van der Waals surface area contributed by atoms with Gasteiger partial charge in [-0.2, -0.15) is 4.98 Å². The van der Waals surface area contributed by atoms with Crippen LogP contribution in [0.3, 0.4) is 0 Å². The number of nitrogens with one attached hydrogen (secondary N) is 1. The van der Waals surface area contributed by atoms with Gasteiger partial charge in [-0.25, -0.2) is 0 Å². The van der Waals surface area contributed by atoms with Crippen molar-refractivity contribution in [3.63, 3.8) is 0 Å². The molecular formula is C20H23N5O. The van der Waals surface area contributed by atoms with Crippen LogP contribution in [0, 0.1) is 13.8 Å². The highest BCUT2D eigenvalue weighted by Gasteiger charge is 2.15. The van der Waals surface area contributed by atoms with Crippen LogP contribution in [-0.4, -0.2) is 22.6 Å². The van der Waals surface area contributed by atoms with Crippen LogP contribution in [0.1, 0.15) is 29.9 Å². The largest absolute Gasteiger partial charge is 0.370 e. The Hall–Kier alpha value is -3.15. The van der Waals surface area contributed by atoms with Crippen molar-refractivity contribution < 1.29 is 4.52 Å². The van der Waals surface area contributed by atoms with Gasteiger partial charge < -0.3 is 15.6 Å². The van der Waals surface area contributed by atoms with Crippen molar-refractivity contribution in [1.29, 1.82) is 0 Å². The van der Waals surface area contributed by atoms with Crippen molar-refractivity contribution in [2.75, 3.05) is 11.9 Å². The number of nitrogens with two attached hydrogens (primary N) is 1. The van der Waals surface area contributed by atoms with Crippen LogP contribution in [0.15, 0.2) is 58.0 Å². The SMILES string of the molecule is Cc1ccc(NC(N)=NCC(C)c2nc(-c3ccccc3)no2)cc1C. The first kappa shape index (κ1) is 17.7. The number of hydrogen-bond donors (Lipinski definition) is 2. The van der Waals surface area contributed by atoms with Gasteiger partial charge in [-0.1, -0.05) is 48.5 Å². The van der Waals surface area contributed by atoms with E-state index in [1.807, 2.05) is 49.4 Å². The zero-order valence-corrected chi connectivity index (χ0v) is 15.2. The van der Waals surface area contributed by atoms with Crippen molar-refractivity contribution in [2.24, 2.45) is 10.7 Å². The third-order valence-electron chi connectivity index (χ3n) is 4.21. The molecule has 0 aliphatic heterocycles. The van der Waals surface area contributed by atoms with E-state index in [4.69, 9.17) is 10.3 Å². The third kappa shape index (κ3) is 4.27. The summed E-state index contributed by atoms with van der Waals surface area (Å²) in [6.45, 7) is 6.58. The normalized spacial score (nSPS) is 12.8. The summed E-state index contributed by atoms with van der Waals surface area (Å²) in [5.41, 5.74) is 10.3. The maximum atomic E-state index is 5.99. The summed E-state index contributed by atoms with van der Waals surface area (Å²) in [6.07, 6.45) is 0. The fourth-order valence-electron chi connectivity index (χ4n) is 2.46. The minimum absolute atomic E-state index is 0.0277. The quantitative estimate of drug-likeness (QED) is 0.539. The van der Waals surface area contributed by atoms with Gasteiger partial charge >= 0.3 is 0 Å². The lowest BCUT2D eigenvalue weighted by molar-refractivity contribution is 0.361. The molecule has 6 heteroatoms. The van der Waals surface area contributed by atoms with Crippen LogP contribution >= 0.6 is 0 Å². The van der Waals surface area contributed by atoms with Gasteiger partial charge in [0.15, 0.2) is 5.96 Å². The molecule has 1 aromatic heterocycles. The molecule has 0 fully saturated rings. The molecule has 134 valence electrons. The molecular weight excluding hydrogens is 326 g/mol. The lowest BCUT2D eigenvalue weighted by Gasteiger charge is -2.09. The highest BCUT2D eigenvalue weighted by atomic mass is 16.5. The van der Waals surface area contributed by atoms with E-state index in [1.54, 1.807) is 0 Å². The minimum Gasteiger partial charge on any atom is -0.370 e. The summed E-state index contributed by atoms with van der Waals surface area (Å²) in [5.74, 6) is 1.47. The number of aromatic nitrogens is 2. The molecule has 3 N–H and O–H groups in total. The summed E-state index contributed by atoms with van der Waals surface area (Å²) >= 11 is 0. The molecule has 0 radical (unpaired) electrons. The molecule has 3 rings (SSSR count). The average Bonchev–Trinajstić information content (AvgIpc) is 3.14. The molecule has 0 amide bonds. The predicted octanol–water partition coefficient (Wildman–Crippen LogP) is 3.88. The van der Waals surface area contributed by atoms with Gasteiger partial charge in [0.2, 0.25) is 11.7 Å². The molecule has 0 saturated carbocycles. The van der Waals surface area contributed by atoms with Gasteiger partial charge in [0.25, 0.3) is 0 Å². The first-order valence-corrected chi connectivity index (χ1v) is 8.56. The van der Waals surface area contributed by atoms with Crippen molar-refractivity contribution in [3.05, 3.63) is 65.5 Å². The number of anilines is 1. The second-order valence-electron chi connectivity index (χ2n) is 6.37. The lowest BCUT2D eigenvalue weighted by atomic mass is 10.1. The maximum absolute atomic E-state index is 5.99. The molecule has 26 heavy (non-hydrogen) atoms. The molecule has 1 unspecified atom stereocenters. The van der Waals surface area contributed by atoms with E-state index in [1.165, 1.54) is 11.1 Å². The number of benzene rings is 2. The fourth-order valence-corrected chi connectivity index (χ4v) is 2.46. The number of guanidine groups is 1. The summed E-state index contributed by atoms with van der Waals surface area (Å²) in [6, 6.07) is 15.8. The van der Waals surface area contributed by atoms with Gasteiger partial charge in [0.05, 0.1) is 12.5 Å². The highest BCUT2D eigenvalue weighted by Crippen LogP contribution is 2.20. The van der Waals surface area contributed by atoms with E-state index in [0.717, 1.165) is 11.3 Å². The van der Waals surface area contributed by atoms with E-state index in [9.17, 15) is 0 Å². The molecule has 1 atom stereocenters. The van der Waals surface area contributed by atoms with Crippen molar-refractivity contribution in [1.82, 2.24) is 10.1 Å². The molecule has 0 spiro atoms. The van der Waals surface area contributed by atoms with E-state index in [-0.39, 0.29) is 5.92 Å². The fraction of sp³-hybridized carbons (Fsp3) is 0.250. The number of nitrogens with zero attached hydrogens (tertiary/aromatic N) is 3. The minimum atomic E-state index is -0.0277. The number of aryl methyl sites for hydroxylation is 2. The Balaban J connectivity index is 1.62. The van der Waals surface area contributed by atoms with E-state index in [2.05, 4.69) is 40.4 Å². The Morgan fingerprint density at radius 2 is 1.92 bits per heavy atom. The van der Waals surface area contributed by atoms with Gasteiger partial charge in [0.1, 0.15) is 0 Å². The number of hydrogen-bond acceptors (Lipinski definition) is 4. The standard InChI is InChI=1S/C20H23N5O/c1-13-9-10-17(11-14(13)2)23-20(21)22-12-15(3)19-24-18(25-26-19)16-7-5-4-6-8-16/h4-11,15H,12H2,1-3H3,(H3,21,22,23). The van der Waals surface area contributed by atoms with Crippen LogP contribution in [0.5, 0.6) is 0 Å². The van der Waals surface area contributed by atoms with Crippen molar-refractivity contribution in [2.45, 2.75) is 26.7 Å². The second kappa shape index (κ2) is 7.82. The van der Waals surface area contributed by atoms with E-state index < -0.39 is 0 Å². The second-order valence-corrected chi connectivity index (χ2v) is 6.37. The zero-order chi connectivity index (χ0) is 18.5. The number of rotatable bonds is 5. The molecule has 6 nitrogen and oxygen atoms in total. The van der Waals surface area contributed by atoms with Gasteiger partial charge in [-0.3, -0.25) is 4.99 Å². The Labute approximate surface area is 153 Å². The molecule has 0 aliphatic carbocycles. The molecule has 0 saturated heterocycles. The molecule has 1 heterocycles. The molecule has 0 aliphatic rings. The first-order valence-electron chi connectivity index (χ1n) is 8.56. The summed E-state index contributed by atoms with van der Waals surface area (Å²) < 4.78 is 5.37. The van der Waals surface area contributed by atoms with E-state index >= 15 is 0 Å². The van der Waals surface area contributed by atoms with Crippen molar-refractivity contribution in [3.8, 4) is 11.4 Å². The number of aliphatic imine (C=N–C) groups is 1. The predicted molar refractivity (Wildman–Crippen MR) is 104 cm³/mol. The van der Waals surface area contributed by atoms with Gasteiger partial charge in [-0.05, 0) is 37.1 Å². The lowest BCUT2D eigenvalue weighted by Crippen LogP contribution is -2.23. The van der Waals surface area contributed by atoms with Gasteiger partial charge in [0, 0.05) is 11.3 Å². The Morgan fingerprint density at radius 3 is 2.65 bits per heavy atom. The zero-order valence-electron chi connectivity index (χ0n) is 15.2. The maximum Gasteiger partial charge on any atom is 0.231 e. The summed E-state index contributed by atoms with van der Waals surface area (Å²) in [7, 11) is 0. The Morgan fingerprint density at radius 1 is 1.15 bits per heavy atom. The first-order chi connectivity index (χ1) is 12.5. The van der Waals surface area contributed by atoms with Crippen LogP contribution in [-0.2, 0) is 0 Å². The van der Waals surface area contributed by atoms with Crippen LogP contribution in [0.25, 0.3) is 11.4 Å². The highest BCUT2D eigenvalue weighted by molar-refractivity contribution is 5.92. The summed E-state index contributed by atoms with van der Waals surface area (Å²) in [4.78, 5) is 8.84. The molecule has 0 bridgehead atoms. The van der Waals surface area contributed by atoms with Crippen LogP contribution < -0.4 is 11.1 Å². The summed E-state index contributed by atoms with van der Waals surface area (Å²) in [5, 5.41) is 7.15. The average molecular weight is 349 g/mol. The van der Waals surface area contributed by atoms with E-state index in [0.29, 0.717) is 24.2 Å². The molecule has 3 aromatic rings. The van der Waals surface area contributed by atoms with Gasteiger partial charge in [-0.15, -0.1) is 0 Å². The monoisotopic (exact) mass is 349 g/mol. The van der Waals surface area contributed by atoms with Crippen LogP contribution in [0.2, 0.25) is 0 Å². The van der Waals surface area contributed by atoms with Crippen LogP contribution in [0.4, 0.5) is 5.69 Å². The smallest absolute Gasteiger partial charge is 0.231 e. The topological polar surface area (TPSA) is 89.3 Å².